The van der Waals surface area contributed by atoms with E-state index < -0.39 is 10.7 Å². The highest BCUT2D eigenvalue weighted by molar-refractivity contribution is 5.65. The van der Waals surface area contributed by atoms with E-state index in [0.29, 0.717) is 11.3 Å². The van der Waals surface area contributed by atoms with Crippen molar-refractivity contribution in [2.45, 2.75) is 32.2 Å². The van der Waals surface area contributed by atoms with Crippen LogP contribution in [0.1, 0.15) is 24.8 Å². The minimum atomic E-state index is -0.525. The average molecular weight is 281 g/mol. The van der Waals surface area contributed by atoms with Gasteiger partial charge in [-0.2, -0.15) is 0 Å². The first-order valence-corrected chi connectivity index (χ1v) is 6.90. The van der Waals surface area contributed by atoms with Crippen molar-refractivity contribution in [3.05, 3.63) is 33.6 Å². The van der Waals surface area contributed by atoms with Crippen LogP contribution < -0.4 is 10.2 Å². The van der Waals surface area contributed by atoms with Crippen LogP contribution in [0.2, 0.25) is 0 Å². The summed E-state index contributed by atoms with van der Waals surface area (Å²) in [6.45, 7) is 3.19. The predicted octanol–water partition coefficient (Wildman–Crippen LogP) is 2.62. The lowest BCUT2D eigenvalue weighted by molar-refractivity contribution is -0.384. The molecule has 1 N–H and O–H groups in total. The van der Waals surface area contributed by atoms with Crippen LogP contribution in [0.25, 0.3) is 0 Å². The molecule has 1 aliphatic rings. The van der Waals surface area contributed by atoms with Gasteiger partial charge in [0.2, 0.25) is 0 Å². The molecule has 1 unspecified atom stereocenters. The molecule has 1 aromatic carbocycles. The van der Waals surface area contributed by atoms with Crippen LogP contribution in [0.3, 0.4) is 0 Å². The summed E-state index contributed by atoms with van der Waals surface area (Å²) in [5.41, 5.74) is 0.837. The van der Waals surface area contributed by atoms with Crippen LogP contribution in [-0.4, -0.2) is 31.1 Å². The van der Waals surface area contributed by atoms with E-state index >= 15 is 0 Å². The number of piperidine rings is 1. The fourth-order valence-corrected chi connectivity index (χ4v) is 2.80. The van der Waals surface area contributed by atoms with Gasteiger partial charge in [-0.15, -0.1) is 0 Å². The molecule has 1 atom stereocenters. The Morgan fingerprint density at radius 3 is 2.90 bits per heavy atom. The number of likely N-dealkylation sites (N-methyl/N-ethyl adjacent to an activating group) is 1. The number of hydrogen-bond acceptors (Lipinski definition) is 4. The quantitative estimate of drug-likeness (QED) is 0.681. The highest BCUT2D eigenvalue weighted by Gasteiger charge is 2.28. The number of nitrogens with zero attached hydrogens (tertiary/aromatic N) is 2. The third kappa shape index (κ3) is 2.90. The maximum Gasteiger partial charge on any atom is 0.295 e. The number of rotatable bonds is 4. The molecule has 2 rings (SSSR count). The van der Waals surface area contributed by atoms with E-state index in [2.05, 4.69) is 5.32 Å². The number of nitro groups is 1. The average Bonchev–Trinajstić information content (AvgIpc) is 2.42. The molecule has 0 bridgehead atoms. The summed E-state index contributed by atoms with van der Waals surface area (Å²) >= 11 is 0. The normalized spacial score (nSPS) is 19.1. The number of nitrogens with one attached hydrogen (secondary N) is 1. The summed E-state index contributed by atoms with van der Waals surface area (Å²) < 4.78 is 13.6. The van der Waals surface area contributed by atoms with Crippen molar-refractivity contribution in [3.8, 4) is 0 Å². The Balaban J connectivity index is 2.43. The second-order valence-electron chi connectivity index (χ2n) is 5.25. The molecule has 1 heterocycles. The third-order valence-corrected chi connectivity index (χ3v) is 3.83. The number of nitro benzene ring substituents is 1. The summed E-state index contributed by atoms with van der Waals surface area (Å²) in [4.78, 5) is 12.7. The number of benzene rings is 1. The van der Waals surface area contributed by atoms with Crippen molar-refractivity contribution in [2.24, 2.45) is 0 Å². The fourth-order valence-electron chi connectivity index (χ4n) is 2.80. The monoisotopic (exact) mass is 281 g/mol. The summed E-state index contributed by atoms with van der Waals surface area (Å²) in [5, 5.41) is 14.3. The smallest absolute Gasteiger partial charge is 0.295 e. The molecular weight excluding hydrogens is 261 g/mol. The van der Waals surface area contributed by atoms with Gasteiger partial charge in [0.05, 0.1) is 11.0 Å². The number of anilines is 1. The van der Waals surface area contributed by atoms with Gasteiger partial charge in [0.15, 0.2) is 0 Å². The molecule has 1 saturated heterocycles. The first-order chi connectivity index (χ1) is 9.54. The molecule has 0 spiro atoms. The van der Waals surface area contributed by atoms with Crippen molar-refractivity contribution < 1.29 is 9.31 Å². The van der Waals surface area contributed by atoms with Gasteiger partial charge in [-0.3, -0.25) is 10.1 Å². The zero-order chi connectivity index (χ0) is 14.7. The molecule has 0 aliphatic carbocycles. The van der Waals surface area contributed by atoms with E-state index in [4.69, 9.17) is 0 Å². The Hall–Kier alpha value is -1.69. The van der Waals surface area contributed by atoms with E-state index in [1.54, 1.807) is 13.0 Å². The van der Waals surface area contributed by atoms with Crippen molar-refractivity contribution in [2.75, 3.05) is 25.0 Å². The van der Waals surface area contributed by atoms with Gasteiger partial charge in [0.25, 0.3) is 5.69 Å². The minimum absolute atomic E-state index is 0.142. The Morgan fingerprint density at radius 2 is 2.25 bits per heavy atom. The van der Waals surface area contributed by atoms with E-state index in [-0.39, 0.29) is 11.7 Å². The van der Waals surface area contributed by atoms with E-state index in [9.17, 15) is 14.5 Å². The SMILES string of the molecule is CNCC1CCCCN1c1cc(C)c(F)cc1[N+](=O)[O-]. The van der Waals surface area contributed by atoms with Crippen LogP contribution in [0.4, 0.5) is 15.8 Å². The van der Waals surface area contributed by atoms with Gasteiger partial charge >= 0.3 is 0 Å². The van der Waals surface area contributed by atoms with E-state index in [0.717, 1.165) is 38.4 Å². The van der Waals surface area contributed by atoms with Gasteiger partial charge in [0.1, 0.15) is 11.5 Å². The van der Waals surface area contributed by atoms with E-state index in [1.165, 1.54) is 0 Å². The second-order valence-corrected chi connectivity index (χ2v) is 5.25. The molecule has 20 heavy (non-hydrogen) atoms. The third-order valence-electron chi connectivity index (χ3n) is 3.83. The van der Waals surface area contributed by atoms with Gasteiger partial charge in [-0.25, -0.2) is 4.39 Å². The molecule has 0 aromatic heterocycles. The minimum Gasteiger partial charge on any atom is -0.362 e. The molecule has 0 radical (unpaired) electrons. The zero-order valence-electron chi connectivity index (χ0n) is 11.9. The van der Waals surface area contributed by atoms with Crippen LogP contribution in [0, 0.1) is 22.9 Å². The molecule has 1 aliphatic heterocycles. The first kappa shape index (κ1) is 14.7. The van der Waals surface area contributed by atoms with Crippen molar-refractivity contribution >= 4 is 11.4 Å². The summed E-state index contributed by atoms with van der Waals surface area (Å²) in [7, 11) is 1.87. The molecule has 6 heteroatoms. The maximum atomic E-state index is 13.6. The first-order valence-electron chi connectivity index (χ1n) is 6.90. The molecular formula is C14H20FN3O2. The molecule has 5 nitrogen and oxygen atoms in total. The van der Waals surface area contributed by atoms with Crippen LogP contribution in [0.5, 0.6) is 0 Å². The lowest BCUT2D eigenvalue weighted by atomic mass is 10.00. The summed E-state index contributed by atoms with van der Waals surface area (Å²) in [5.74, 6) is -0.525. The van der Waals surface area contributed by atoms with Crippen molar-refractivity contribution in [3.63, 3.8) is 0 Å². The molecule has 0 saturated carbocycles. The topological polar surface area (TPSA) is 58.4 Å². The lowest BCUT2D eigenvalue weighted by Gasteiger charge is -2.37. The van der Waals surface area contributed by atoms with Crippen LogP contribution >= 0.6 is 0 Å². The van der Waals surface area contributed by atoms with Gasteiger partial charge in [-0.05, 0) is 44.9 Å². The molecule has 110 valence electrons. The Bertz CT molecular complexity index is 505. The largest absolute Gasteiger partial charge is 0.362 e. The fraction of sp³-hybridized carbons (Fsp3) is 0.571. The Morgan fingerprint density at radius 1 is 1.50 bits per heavy atom. The number of aryl methyl sites for hydroxylation is 1. The Kier molecular flexibility index (Phi) is 4.54. The lowest BCUT2D eigenvalue weighted by Crippen LogP contribution is -2.45. The summed E-state index contributed by atoms with van der Waals surface area (Å²) in [6.07, 6.45) is 3.12. The van der Waals surface area contributed by atoms with Gasteiger partial charge in [0, 0.05) is 19.1 Å². The number of hydrogen-bond donors (Lipinski definition) is 1. The molecule has 1 fully saturated rings. The van der Waals surface area contributed by atoms with E-state index in [1.807, 2.05) is 11.9 Å². The van der Waals surface area contributed by atoms with Crippen LogP contribution in [0.15, 0.2) is 12.1 Å². The molecule has 0 amide bonds. The molecule has 1 aromatic rings. The zero-order valence-corrected chi connectivity index (χ0v) is 11.9. The second kappa shape index (κ2) is 6.17. The highest BCUT2D eigenvalue weighted by Crippen LogP contribution is 2.34. The van der Waals surface area contributed by atoms with Crippen molar-refractivity contribution in [1.82, 2.24) is 5.32 Å². The highest BCUT2D eigenvalue weighted by atomic mass is 19.1. The van der Waals surface area contributed by atoms with Crippen LogP contribution in [-0.2, 0) is 0 Å². The Labute approximate surface area is 117 Å². The van der Waals surface area contributed by atoms with Crippen molar-refractivity contribution in [1.29, 1.82) is 0 Å². The van der Waals surface area contributed by atoms with Gasteiger partial charge in [-0.1, -0.05) is 0 Å². The van der Waals surface area contributed by atoms with Gasteiger partial charge < -0.3 is 10.2 Å². The number of halogens is 1. The maximum absolute atomic E-state index is 13.6. The summed E-state index contributed by atoms with van der Waals surface area (Å²) in [6, 6.07) is 2.86. The predicted molar refractivity (Wildman–Crippen MR) is 76.7 cm³/mol. The standard InChI is InChI=1S/C14H20FN3O2/c1-10-7-13(14(18(19)20)8-12(10)15)17-6-4-3-5-11(17)9-16-2/h7-8,11,16H,3-6,9H2,1-2H3.